The quantitative estimate of drug-likeness (QED) is 0.909. The molecule has 0 amide bonds. The van der Waals surface area contributed by atoms with Gasteiger partial charge in [-0.25, -0.2) is 0 Å². The molecule has 2 N–H and O–H groups in total. The predicted octanol–water partition coefficient (Wildman–Crippen LogP) is 3.29. The Morgan fingerprint density at radius 1 is 1.05 bits per heavy atom. The fourth-order valence-corrected chi connectivity index (χ4v) is 3.62. The molecule has 1 aliphatic carbocycles. The maximum absolute atomic E-state index is 9.62. The molecular formula is C19H24N2O. The summed E-state index contributed by atoms with van der Waals surface area (Å²) in [6.07, 6.45) is 4.11. The van der Waals surface area contributed by atoms with Gasteiger partial charge in [0, 0.05) is 32.2 Å². The van der Waals surface area contributed by atoms with Crippen molar-refractivity contribution in [2.75, 3.05) is 26.2 Å². The zero-order valence-corrected chi connectivity index (χ0v) is 13.0. The molecule has 4 rings (SSSR count). The number of hydrogen-bond donors (Lipinski definition) is 2. The highest BCUT2D eigenvalue weighted by Gasteiger charge is 2.30. The normalized spacial score (nSPS) is 21.1. The third kappa shape index (κ3) is 2.96. The zero-order chi connectivity index (χ0) is 14.9. The summed E-state index contributed by atoms with van der Waals surface area (Å²) in [4.78, 5) is 2.65. The fourth-order valence-electron chi connectivity index (χ4n) is 3.62. The van der Waals surface area contributed by atoms with E-state index in [1.54, 1.807) is 6.07 Å². The summed E-state index contributed by atoms with van der Waals surface area (Å²) < 4.78 is 0. The number of nitrogens with one attached hydrogen (secondary N) is 1. The van der Waals surface area contributed by atoms with Crippen LogP contribution in [-0.4, -0.2) is 36.2 Å². The maximum Gasteiger partial charge on any atom is 0.116 e. The standard InChI is InChI=1S/C19H24N2O/c22-18-6-5-15-12-17(4-3-16(15)13-18)19(11-14-1-2-14)21-9-7-20-8-10-21/h3-6,12-14,19-20,22H,1-2,7-11H2/t19-/m1/s1. The highest BCUT2D eigenvalue weighted by atomic mass is 16.3. The third-order valence-electron chi connectivity index (χ3n) is 5.08. The van der Waals surface area contributed by atoms with Crippen molar-refractivity contribution in [3.8, 4) is 5.75 Å². The van der Waals surface area contributed by atoms with E-state index >= 15 is 0 Å². The average molecular weight is 296 g/mol. The number of rotatable bonds is 4. The Labute approximate surface area is 131 Å². The van der Waals surface area contributed by atoms with Crippen molar-refractivity contribution < 1.29 is 5.11 Å². The largest absolute Gasteiger partial charge is 0.508 e. The molecule has 116 valence electrons. The van der Waals surface area contributed by atoms with Crippen molar-refractivity contribution in [1.82, 2.24) is 10.2 Å². The van der Waals surface area contributed by atoms with E-state index in [2.05, 4.69) is 28.4 Å². The van der Waals surface area contributed by atoms with Crippen LogP contribution in [0.1, 0.15) is 30.9 Å². The van der Waals surface area contributed by atoms with Gasteiger partial charge in [0.2, 0.25) is 0 Å². The fraction of sp³-hybridized carbons (Fsp3) is 0.474. The molecule has 2 fully saturated rings. The van der Waals surface area contributed by atoms with E-state index in [-0.39, 0.29) is 0 Å². The third-order valence-corrected chi connectivity index (χ3v) is 5.08. The minimum atomic E-state index is 0.344. The van der Waals surface area contributed by atoms with Crippen LogP contribution in [0, 0.1) is 5.92 Å². The molecule has 3 nitrogen and oxygen atoms in total. The summed E-state index contributed by atoms with van der Waals surface area (Å²) >= 11 is 0. The molecule has 2 aromatic rings. The van der Waals surface area contributed by atoms with Crippen LogP contribution < -0.4 is 5.32 Å². The molecule has 1 saturated heterocycles. The van der Waals surface area contributed by atoms with Crippen LogP contribution >= 0.6 is 0 Å². The number of phenolic OH excluding ortho intramolecular Hbond substituents is 1. The summed E-state index contributed by atoms with van der Waals surface area (Å²) in [7, 11) is 0. The summed E-state index contributed by atoms with van der Waals surface area (Å²) in [5, 5.41) is 15.4. The summed E-state index contributed by atoms with van der Waals surface area (Å²) in [5.74, 6) is 1.27. The monoisotopic (exact) mass is 296 g/mol. The van der Waals surface area contributed by atoms with E-state index in [9.17, 15) is 5.11 Å². The predicted molar refractivity (Wildman–Crippen MR) is 90.1 cm³/mol. The lowest BCUT2D eigenvalue weighted by molar-refractivity contribution is 0.160. The van der Waals surface area contributed by atoms with Crippen molar-refractivity contribution in [3.05, 3.63) is 42.0 Å². The minimum Gasteiger partial charge on any atom is -0.508 e. The minimum absolute atomic E-state index is 0.344. The van der Waals surface area contributed by atoms with Crippen molar-refractivity contribution in [3.63, 3.8) is 0 Å². The van der Waals surface area contributed by atoms with Gasteiger partial charge < -0.3 is 10.4 Å². The first-order valence-electron chi connectivity index (χ1n) is 8.47. The second-order valence-corrected chi connectivity index (χ2v) is 6.77. The van der Waals surface area contributed by atoms with Crippen LogP contribution in [0.15, 0.2) is 36.4 Å². The van der Waals surface area contributed by atoms with E-state index in [1.807, 2.05) is 12.1 Å². The average Bonchev–Trinajstić information content (AvgIpc) is 3.37. The van der Waals surface area contributed by atoms with Gasteiger partial charge >= 0.3 is 0 Å². The second-order valence-electron chi connectivity index (χ2n) is 6.77. The molecule has 1 heterocycles. The highest BCUT2D eigenvalue weighted by molar-refractivity contribution is 5.84. The van der Waals surface area contributed by atoms with Crippen molar-refractivity contribution >= 4 is 10.8 Å². The molecule has 0 bridgehead atoms. The number of hydrogen-bond acceptors (Lipinski definition) is 3. The molecular weight excluding hydrogens is 272 g/mol. The van der Waals surface area contributed by atoms with Gasteiger partial charge in [0.1, 0.15) is 5.75 Å². The number of piperazine rings is 1. The first-order chi connectivity index (χ1) is 10.8. The maximum atomic E-state index is 9.62. The Morgan fingerprint density at radius 3 is 2.55 bits per heavy atom. The molecule has 0 unspecified atom stereocenters. The van der Waals surface area contributed by atoms with Gasteiger partial charge in [-0.05, 0) is 46.9 Å². The van der Waals surface area contributed by atoms with Crippen LogP contribution in [-0.2, 0) is 0 Å². The van der Waals surface area contributed by atoms with Crippen LogP contribution in [0.4, 0.5) is 0 Å². The number of aromatic hydroxyl groups is 1. The van der Waals surface area contributed by atoms with Crippen LogP contribution in [0.25, 0.3) is 10.8 Å². The van der Waals surface area contributed by atoms with Gasteiger partial charge in [0.15, 0.2) is 0 Å². The van der Waals surface area contributed by atoms with E-state index in [0.29, 0.717) is 11.8 Å². The van der Waals surface area contributed by atoms with E-state index in [0.717, 1.165) is 37.5 Å². The molecule has 1 atom stereocenters. The molecule has 0 radical (unpaired) electrons. The van der Waals surface area contributed by atoms with Crippen LogP contribution in [0.2, 0.25) is 0 Å². The molecule has 3 heteroatoms. The Morgan fingerprint density at radius 2 is 1.77 bits per heavy atom. The van der Waals surface area contributed by atoms with Crippen molar-refractivity contribution in [1.29, 1.82) is 0 Å². The Balaban J connectivity index is 1.66. The molecule has 2 aliphatic rings. The number of benzene rings is 2. The van der Waals surface area contributed by atoms with Gasteiger partial charge in [0.05, 0.1) is 0 Å². The molecule has 2 aromatic carbocycles. The first-order valence-corrected chi connectivity index (χ1v) is 8.47. The Bertz CT molecular complexity index is 660. The Kier molecular flexibility index (Phi) is 3.77. The van der Waals surface area contributed by atoms with E-state index < -0.39 is 0 Å². The molecule has 1 saturated carbocycles. The van der Waals surface area contributed by atoms with Crippen molar-refractivity contribution in [2.24, 2.45) is 5.92 Å². The first kappa shape index (κ1) is 14.0. The van der Waals surface area contributed by atoms with Gasteiger partial charge in [-0.1, -0.05) is 31.0 Å². The lowest BCUT2D eigenvalue weighted by atomic mass is 9.96. The van der Waals surface area contributed by atoms with Gasteiger partial charge in [-0.3, -0.25) is 4.90 Å². The van der Waals surface area contributed by atoms with Crippen molar-refractivity contribution in [2.45, 2.75) is 25.3 Å². The summed E-state index contributed by atoms with van der Waals surface area (Å²) in [5.41, 5.74) is 1.44. The number of fused-ring (bicyclic) bond motifs is 1. The van der Waals surface area contributed by atoms with Crippen LogP contribution in [0.5, 0.6) is 5.75 Å². The summed E-state index contributed by atoms with van der Waals surface area (Å²) in [6, 6.07) is 13.0. The SMILES string of the molecule is Oc1ccc2cc([C@@H](CC3CC3)N3CCNCC3)ccc2c1. The van der Waals surface area contributed by atoms with Gasteiger partial charge in [-0.15, -0.1) is 0 Å². The van der Waals surface area contributed by atoms with E-state index in [1.165, 1.54) is 30.2 Å². The lowest BCUT2D eigenvalue weighted by Gasteiger charge is -2.35. The topological polar surface area (TPSA) is 35.5 Å². The lowest BCUT2D eigenvalue weighted by Crippen LogP contribution is -2.45. The van der Waals surface area contributed by atoms with Gasteiger partial charge in [-0.2, -0.15) is 0 Å². The molecule has 0 aromatic heterocycles. The number of nitrogens with zero attached hydrogens (tertiary/aromatic N) is 1. The summed E-state index contributed by atoms with van der Waals surface area (Å²) in [6.45, 7) is 4.49. The molecule has 22 heavy (non-hydrogen) atoms. The van der Waals surface area contributed by atoms with E-state index in [4.69, 9.17) is 0 Å². The number of phenols is 1. The molecule has 1 aliphatic heterocycles. The molecule has 0 spiro atoms. The zero-order valence-electron chi connectivity index (χ0n) is 13.0. The highest BCUT2D eigenvalue weighted by Crippen LogP contribution is 2.40. The van der Waals surface area contributed by atoms with Gasteiger partial charge in [0.25, 0.3) is 0 Å². The Hall–Kier alpha value is -1.58. The van der Waals surface area contributed by atoms with Crippen LogP contribution in [0.3, 0.4) is 0 Å². The smallest absolute Gasteiger partial charge is 0.116 e. The second kappa shape index (κ2) is 5.90.